The molecular weight excluding hydrogens is 298 g/mol. The zero-order chi connectivity index (χ0) is 15.6. The first-order valence-electron chi connectivity index (χ1n) is 6.76. The van der Waals surface area contributed by atoms with Gasteiger partial charge >= 0.3 is 0 Å². The van der Waals surface area contributed by atoms with Crippen molar-refractivity contribution in [2.45, 2.75) is 33.2 Å². The third kappa shape index (κ3) is 3.22. The van der Waals surface area contributed by atoms with Crippen LogP contribution >= 0.6 is 11.6 Å². The van der Waals surface area contributed by atoms with E-state index in [1.54, 1.807) is 6.92 Å². The lowest BCUT2D eigenvalue weighted by Crippen LogP contribution is -2.20. The Morgan fingerprint density at radius 1 is 1.38 bits per heavy atom. The minimum atomic E-state index is -0.770. The zero-order valence-corrected chi connectivity index (χ0v) is 12.9. The maximum absolute atomic E-state index is 14.0. The van der Waals surface area contributed by atoms with E-state index in [-0.39, 0.29) is 16.8 Å². The number of rotatable bonds is 5. The van der Waals surface area contributed by atoms with Gasteiger partial charge in [-0.15, -0.1) is 5.10 Å². The van der Waals surface area contributed by atoms with E-state index in [1.807, 2.05) is 6.92 Å². The lowest BCUT2D eigenvalue weighted by atomic mass is 10.2. The number of hydrogen-bond donors (Lipinski definition) is 1. The molecule has 2 rings (SSSR count). The molecule has 1 aromatic carbocycles. The molecule has 0 amide bonds. The molecule has 0 bridgehead atoms. The zero-order valence-electron chi connectivity index (χ0n) is 12.1. The van der Waals surface area contributed by atoms with Crippen molar-refractivity contribution >= 4 is 11.6 Å². The van der Waals surface area contributed by atoms with Crippen LogP contribution in [0.1, 0.15) is 37.7 Å². The number of nitrogens with zero attached hydrogens (tertiary/aromatic N) is 3. The molecule has 1 atom stereocenters. The molecule has 0 radical (unpaired) electrons. The Morgan fingerprint density at radius 2 is 2.10 bits per heavy atom. The van der Waals surface area contributed by atoms with Gasteiger partial charge in [0.2, 0.25) is 0 Å². The molecular formula is C14H17ClF2N4. The van der Waals surface area contributed by atoms with E-state index in [4.69, 9.17) is 11.6 Å². The van der Waals surface area contributed by atoms with Gasteiger partial charge in [0.05, 0.1) is 16.8 Å². The Balaban J connectivity index is 2.41. The van der Waals surface area contributed by atoms with E-state index in [0.717, 1.165) is 25.1 Å². The summed E-state index contributed by atoms with van der Waals surface area (Å²) >= 11 is 5.93. The Hall–Kier alpha value is -1.53. The van der Waals surface area contributed by atoms with Gasteiger partial charge in [-0.1, -0.05) is 23.7 Å². The van der Waals surface area contributed by atoms with Gasteiger partial charge in [0.15, 0.2) is 5.82 Å². The van der Waals surface area contributed by atoms with Gasteiger partial charge in [0, 0.05) is 6.07 Å². The summed E-state index contributed by atoms with van der Waals surface area (Å²) in [6.45, 7) is 6.65. The summed E-state index contributed by atoms with van der Waals surface area (Å²) in [5, 5.41) is 11.3. The van der Waals surface area contributed by atoms with Gasteiger partial charge in [-0.25, -0.2) is 13.5 Å². The molecule has 7 heteroatoms. The molecule has 1 aromatic heterocycles. The third-order valence-electron chi connectivity index (χ3n) is 3.23. The Bertz CT molecular complexity index is 619. The summed E-state index contributed by atoms with van der Waals surface area (Å²) < 4.78 is 28.4. The number of nitrogens with one attached hydrogen (secondary N) is 1. The van der Waals surface area contributed by atoms with Crippen molar-refractivity contribution in [2.75, 3.05) is 6.54 Å². The summed E-state index contributed by atoms with van der Waals surface area (Å²) in [4.78, 5) is 0. The maximum atomic E-state index is 14.0. The molecule has 0 aliphatic heterocycles. The minimum absolute atomic E-state index is 0.0111. The van der Waals surface area contributed by atoms with Gasteiger partial charge in [-0.3, -0.25) is 0 Å². The summed E-state index contributed by atoms with van der Waals surface area (Å²) in [5.41, 5.74) is 1.39. The van der Waals surface area contributed by atoms with Crippen LogP contribution in [0.4, 0.5) is 8.78 Å². The number of benzene rings is 1. The number of hydrogen-bond acceptors (Lipinski definition) is 3. The Labute approximate surface area is 127 Å². The monoisotopic (exact) mass is 314 g/mol. The van der Waals surface area contributed by atoms with Crippen molar-refractivity contribution < 1.29 is 8.78 Å². The van der Waals surface area contributed by atoms with Crippen molar-refractivity contribution in [2.24, 2.45) is 0 Å². The second-order valence-corrected chi connectivity index (χ2v) is 5.27. The third-order valence-corrected chi connectivity index (χ3v) is 3.52. The summed E-state index contributed by atoms with van der Waals surface area (Å²) in [7, 11) is 0. The lowest BCUT2D eigenvalue weighted by molar-refractivity contribution is 0.555. The summed E-state index contributed by atoms with van der Waals surface area (Å²) in [5.74, 6) is -1.49. The molecule has 0 spiro atoms. The normalized spacial score (nSPS) is 12.7. The fourth-order valence-corrected chi connectivity index (χ4v) is 2.42. The molecule has 1 heterocycles. The van der Waals surface area contributed by atoms with Crippen molar-refractivity contribution in [1.82, 2.24) is 20.3 Å². The van der Waals surface area contributed by atoms with E-state index in [9.17, 15) is 8.78 Å². The van der Waals surface area contributed by atoms with Gasteiger partial charge in [-0.2, -0.15) is 0 Å². The van der Waals surface area contributed by atoms with Crippen LogP contribution in [0.5, 0.6) is 0 Å². The first-order chi connectivity index (χ1) is 9.95. The van der Waals surface area contributed by atoms with Gasteiger partial charge in [0.1, 0.15) is 17.2 Å². The highest BCUT2D eigenvalue weighted by molar-refractivity contribution is 6.32. The molecule has 1 unspecified atom stereocenters. The second-order valence-electron chi connectivity index (χ2n) is 4.87. The van der Waals surface area contributed by atoms with Crippen LogP contribution < -0.4 is 5.32 Å². The molecule has 0 fully saturated rings. The van der Waals surface area contributed by atoms with Crippen LogP contribution in [0.2, 0.25) is 5.02 Å². The second kappa shape index (κ2) is 6.49. The van der Waals surface area contributed by atoms with Crippen molar-refractivity contribution in [3.8, 4) is 5.69 Å². The quantitative estimate of drug-likeness (QED) is 0.917. The number of aromatic nitrogens is 3. The number of halogens is 3. The van der Waals surface area contributed by atoms with E-state index < -0.39 is 11.6 Å². The SMILES string of the molecule is CCCNC(C)c1nnn(-c2c(F)cc(F)cc2Cl)c1C. The fourth-order valence-electron chi connectivity index (χ4n) is 2.15. The summed E-state index contributed by atoms with van der Waals surface area (Å²) in [6.07, 6.45) is 0.996. The standard InChI is InChI=1S/C14H17ClF2N4/c1-4-5-18-8(2)13-9(3)21(20-19-13)14-11(15)6-10(16)7-12(14)17/h6-8,18H,4-5H2,1-3H3. The first-order valence-corrected chi connectivity index (χ1v) is 7.14. The molecule has 0 aliphatic carbocycles. The molecule has 0 saturated carbocycles. The average molecular weight is 315 g/mol. The van der Waals surface area contributed by atoms with Crippen LogP contribution in [-0.4, -0.2) is 21.5 Å². The van der Waals surface area contributed by atoms with E-state index >= 15 is 0 Å². The van der Waals surface area contributed by atoms with Gasteiger partial charge < -0.3 is 5.32 Å². The van der Waals surface area contributed by atoms with Crippen LogP contribution in [0.25, 0.3) is 5.69 Å². The molecule has 0 saturated heterocycles. The van der Waals surface area contributed by atoms with E-state index in [0.29, 0.717) is 11.4 Å². The molecule has 0 aliphatic rings. The molecule has 21 heavy (non-hydrogen) atoms. The predicted octanol–water partition coefficient (Wildman–Crippen LogP) is 3.57. The van der Waals surface area contributed by atoms with Crippen molar-refractivity contribution in [1.29, 1.82) is 0 Å². The highest BCUT2D eigenvalue weighted by Gasteiger charge is 2.20. The minimum Gasteiger partial charge on any atom is -0.309 e. The molecule has 4 nitrogen and oxygen atoms in total. The van der Waals surface area contributed by atoms with Crippen molar-refractivity contribution in [3.05, 3.63) is 40.2 Å². The van der Waals surface area contributed by atoms with E-state index in [1.165, 1.54) is 4.68 Å². The Morgan fingerprint density at radius 3 is 2.71 bits per heavy atom. The van der Waals surface area contributed by atoms with E-state index in [2.05, 4.69) is 22.6 Å². The predicted molar refractivity (Wildman–Crippen MR) is 77.7 cm³/mol. The first kappa shape index (κ1) is 15.9. The Kier molecular flexibility index (Phi) is 4.90. The highest BCUT2D eigenvalue weighted by Crippen LogP contribution is 2.27. The van der Waals surface area contributed by atoms with Crippen LogP contribution in [-0.2, 0) is 0 Å². The van der Waals surface area contributed by atoms with Crippen LogP contribution in [0.15, 0.2) is 12.1 Å². The molecule has 1 N–H and O–H groups in total. The maximum Gasteiger partial charge on any atom is 0.153 e. The lowest BCUT2D eigenvalue weighted by Gasteiger charge is -2.12. The fraction of sp³-hybridized carbons (Fsp3) is 0.429. The van der Waals surface area contributed by atoms with Gasteiger partial charge in [0.25, 0.3) is 0 Å². The molecule has 114 valence electrons. The molecule has 2 aromatic rings. The van der Waals surface area contributed by atoms with Crippen LogP contribution in [0, 0.1) is 18.6 Å². The summed E-state index contributed by atoms with van der Waals surface area (Å²) in [6, 6.07) is 1.82. The van der Waals surface area contributed by atoms with Crippen LogP contribution in [0.3, 0.4) is 0 Å². The van der Waals surface area contributed by atoms with Crippen molar-refractivity contribution in [3.63, 3.8) is 0 Å². The largest absolute Gasteiger partial charge is 0.309 e. The average Bonchev–Trinajstić information content (AvgIpc) is 2.77. The smallest absolute Gasteiger partial charge is 0.153 e. The topological polar surface area (TPSA) is 42.7 Å². The highest BCUT2D eigenvalue weighted by atomic mass is 35.5. The van der Waals surface area contributed by atoms with Gasteiger partial charge in [-0.05, 0) is 32.9 Å².